The number of nitrogen functional groups attached to an aromatic ring is 2. The molecule has 1 rings (SSSR count). The van der Waals surface area contributed by atoms with E-state index in [1.54, 1.807) is 0 Å². The van der Waals surface area contributed by atoms with Gasteiger partial charge in [0.1, 0.15) is 4.90 Å². The van der Waals surface area contributed by atoms with E-state index in [2.05, 4.69) is 0 Å². The van der Waals surface area contributed by atoms with E-state index in [1.807, 2.05) is 0 Å². The molecule has 0 spiro atoms. The number of halogens is 1. The maximum absolute atomic E-state index is 11.1. The van der Waals surface area contributed by atoms with Crippen molar-refractivity contribution in [3.05, 3.63) is 17.2 Å². The third kappa shape index (κ3) is 1.90. The van der Waals surface area contributed by atoms with E-state index in [0.29, 0.717) is 0 Å². The molecule has 0 heterocycles. The van der Waals surface area contributed by atoms with Crippen LogP contribution < -0.4 is 16.4 Å². The lowest BCUT2D eigenvalue weighted by Crippen LogP contribution is -2.20. The fraction of sp³-hybridized carbons (Fsp3) is 0. The van der Waals surface area contributed by atoms with Crippen LogP contribution in [0.2, 0.25) is 5.02 Å². The Hall–Kier alpha value is -1.02. The Morgan fingerprint density at radius 1 is 1.29 bits per heavy atom. The van der Waals surface area contributed by atoms with Crippen molar-refractivity contribution in [2.75, 3.05) is 11.5 Å². The van der Waals surface area contributed by atoms with Crippen LogP contribution in [0.25, 0.3) is 0 Å². The Morgan fingerprint density at radius 3 is 2.36 bits per heavy atom. The predicted octanol–water partition coefficient (Wildman–Crippen LogP) is 0.172. The van der Waals surface area contributed by atoms with Crippen LogP contribution in [0.15, 0.2) is 17.0 Å². The van der Waals surface area contributed by atoms with Crippen LogP contribution in [-0.4, -0.2) is 13.6 Å². The Bertz CT molecular complexity index is 460. The van der Waals surface area contributed by atoms with E-state index >= 15 is 0 Å². The summed E-state index contributed by atoms with van der Waals surface area (Å²) in [5.41, 5.74) is 10.8. The molecule has 0 radical (unpaired) electrons. The summed E-state index contributed by atoms with van der Waals surface area (Å²) in [6.07, 6.45) is 0. The third-order valence-corrected chi connectivity index (χ3v) is 3.04. The molecule has 0 saturated carbocycles. The lowest BCUT2D eigenvalue weighted by Gasteiger charge is -2.07. The molecule has 1 aromatic carbocycles. The van der Waals surface area contributed by atoms with Crippen molar-refractivity contribution < 1.29 is 13.6 Å². The molecule has 0 unspecified atom stereocenters. The average Bonchev–Trinajstić information content (AvgIpc) is 2.11. The van der Waals surface area contributed by atoms with Gasteiger partial charge in [-0.2, -0.15) is 0 Å². The molecule has 0 bridgehead atoms. The van der Waals surface area contributed by atoms with Crippen LogP contribution in [0.3, 0.4) is 0 Å². The van der Waals surface area contributed by atoms with E-state index in [9.17, 15) is 8.42 Å². The monoisotopic (exact) mass is 237 g/mol. The number of nitrogens with one attached hydrogen (secondary N) is 1. The molecule has 6 N–H and O–H groups in total. The molecule has 0 fully saturated rings. The van der Waals surface area contributed by atoms with Crippen molar-refractivity contribution in [1.29, 1.82) is 0 Å². The first kappa shape index (κ1) is 11.1. The molecular weight excluding hydrogens is 230 g/mol. The molecular formula is C6H8ClN3O3S. The van der Waals surface area contributed by atoms with Crippen molar-refractivity contribution in [3.8, 4) is 0 Å². The van der Waals surface area contributed by atoms with E-state index in [-0.39, 0.29) is 21.3 Å². The zero-order valence-electron chi connectivity index (χ0n) is 6.86. The molecule has 6 nitrogen and oxygen atoms in total. The number of sulfonamides is 1. The van der Waals surface area contributed by atoms with Crippen LogP contribution in [0.1, 0.15) is 0 Å². The first-order valence-electron chi connectivity index (χ1n) is 3.39. The molecule has 78 valence electrons. The summed E-state index contributed by atoms with van der Waals surface area (Å²) in [5.74, 6) is 0. The number of nitrogens with two attached hydrogens (primary N) is 2. The van der Waals surface area contributed by atoms with Gasteiger partial charge in [0.2, 0.25) is 0 Å². The highest BCUT2D eigenvalue weighted by molar-refractivity contribution is 7.89. The molecule has 0 amide bonds. The smallest absolute Gasteiger partial charge is 0.264 e. The number of hydrogen-bond acceptors (Lipinski definition) is 5. The normalized spacial score (nSPS) is 11.6. The zero-order valence-corrected chi connectivity index (χ0v) is 8.43. The topological polar surface area (TPSA) is 118 Å². The molecule has 0 aliphatic rings. The van der Waals surface area contributed by atoms with Crippen LogP contribution in [0.5, 0.6) is 0 Å². The molecule has 8 heteroatoms. The second kappa shape index (κ2) is 3.62. The fourth-order valence-corrected chi connectivity index (χ4v) is 1.84. The highest BCUT2D eigenvalue weighted by Gasteiger charge is 2.17. The Kier molecular flexibility index (Phi) is 2.86. The molecule has 0 aliphatic carbocycles. The maximum atomic E-state index is 11.1. The minimum absolute atomic E-state index is 0.0491. The Balaban J connectivity index is 3.45. The van der Waals surface area contributed by atoms with Crippen molar-refractivity contribution >= 4 is 33.0 Å². The van der Waals surface area contributed by atoms with Gasteiger partial charge in [0, 0.05) is 0 Å². The second-order valence-electron chi connectivity index (χ2n) is 2.51. The number of hydrogen-bond donors (Lipinski definition) is 4. The number of rotatable bonds is 2. The lowest BCUT2D eigenvalue weighted by atomic mass is 10.3. The summed E-state index contributed by atoms with van der Waals surface area (Å²) in [4.78, 5) is 0.818. The van der Waals surface area contributed by atoms with Gasteiger partial charge in [0.15, 0.2) is 0 Å². The van der Waals surface area contributed by atoms with E-state index < -0.39 is 10.0 Å². The number of benzene rings is 1. The van der Waals surface area contributed by atoms with E-state index in [1.165, 1.54) is 6.07 Å². The molecule has 14 heavy (non-hydrogen) atoms. The van der Waals surface area contributed by atoms with Gasteiger partial charge in [-0.25, -0.2) is 8.42 Å². The summed E-state index contributed by atoms with van der Waals surface area (Å²) >= 11 is 5.59. The summed E-state index contributed by atoms with van der Waals surface area (Å²) in [5, 5.41) is 8.41. The molecule has 0 saturated heterocycles. The summed E-state index contributed by atoms with van der Waals surface area (Å²) < 4.78 is 22.3. The fourth-order valence-electron chi connectivity index (χ4n) is 0.871. The van der Waals surface area contributed by atoms with Gasteiger partial charge in [0.25, 0.3) is 10.0 Å². The van der Waals surface area contributed by atoms with E-state index in [4.69, 9.17) is 28.3 Å². The predicted molar refractivity (Wildman–Crippen MR) is 52.4 cm³/mol. The highest BCUT2D eigenvalue weighted by atomic mass is 35.5. The molecule has 1 aromatic rings. The quantitative estimate of drug-likeness (QED) is 0.432. The molecule has 0 aromatic heterocycles. The van der Waals surface area contributed by atoms with Gasteiger partial charge < -0.3 is 16.7 Å². The SMILES string of the molecule is Nc1cc(N)c(S(=O)(=O)NO)cc1Cl. The average molecular weight is 238 g/mol. The first-order valence-corrected chi connectivity index (χ1v) is 5.25. The van der Waals surface area contributed by atoms with Crippen LogP contribution >= 0.6 is 11.6 Å². The summed E-state index contributed by atoms with van der Waals surface area (Å²) in [6, 6.07) is 2.26. The van der Waals surface area contributed by atoms with Crippen molar-refractivity contribution in [3.63, 3.8) is 0 Å². The van der Waals surface area contributed by atoms with E-state index in [0.717, 1.165) is 11.0 Å². The number of anilines is 2. The first-order chi connectivity index (χ1) is 6.38. The highest BCUT2D eigenvalue weighted by Crippen LogP contribution is 2.27. The van der Waals surface area contributed by atoms with Gasteiger partial charge in [0.05, 0.1) is 16.4 Å². The Morgan fingerprint density at radius 2 is 1.86 bits per heavy atom. The van der Waals surface area contributed by atoms with Crippen LogP contribution in [-0.2, 0) is 10.0 Å². The third-order valence-electron chi connectivity index (χ3n) is 1.54. The van der Waals surface area contributed by atoms with Gasteiger partial charge in [-0.3, -0.25) is 0 Å². The minimum Gasteiger partial charge on any atom is -0.398 e. The summed E-state index contributed by atoms with van der Waals surface area (Å²) in [7, 11) is -4.03. The molecule has 0 aliphatic heterocycles. The van der Waals surface area contributed by atoms with Gasteiger partial charge in [-0.1, -0.05) is 16.5 Å². The van der Waals surface area contributed by atoms with Gasteiger partial charge >= 0.3 is 0 Å². The zero-order chi connectivity index (χ0) is 10.9. The van der Waals surface area contributed by atoms with Crippen molar-refractivity contribution in [1.82, 2.24) is 4.89 Å². The summed E-state index contributed by atoms with van der Waals surface area (Å²) in [6.45, 7) is 0. The molecule has 0 atom stereocenters. The lowest BCUT2D eigenvalue weighted by molar-refractivity contribution is 0.242. The van der Waals surface area contributed by atoms with Gasteiger partial charge in [-0.15, -0.1) is 0 Å². The standard InChI is InChI=1S/C6H8ClN3O3S/c7-3-1-6(14(12,13)10-11)5(9)2-4(3)8/h1-2,10-11H,8-9H2. The minimum atomic E-state index is -4.03. The Labute approximate surface area is 85.5 Å². The van der Waals surface area contributed by atoms with Crippen LogP contribution in [0, 0.1) is 0 Å². The van der Waals surface area contributed by atoms with Crippen LogP contribution in [0.4, 0.5) is 11.4 Å². The second-order valence-corrected chi connectivity index (χ2v) is 4.54. The largest absolute Gasteiger partial charge is 0.398 e. The maximum Gasteiger partial charge on any atom is 0.264 e. The van der Waals surface area contributed by atoms with Crippen molar-refractivity contribution in [2.45, 2.75) is 4.90 Å². The van der Waals surface area contributed by atoms with Gasteiger partial charge in [-0.05, 0) is 12.1 Å². The van der Waals surface area contributed by atoms with Crippen molar-refractivity contribution in [2.24, 2.45) is 0 Å².